The third-order valence-corrected chi connectivity index (χ3v) is 6.22. The second-order valence-corrected chi connectivity index (χ2v) is 8.03. The molecule has 0 fully saturated rings. The number of esters is 2. The summed E-state index contributed by atoms with van der Waals surface area (Å²) in [4.78, 5) is 23.0. The van der Waals surface area contributed by atoms with Crippen LogP contribution in [0.2, 0.25) is 0 Å². The van der Waals surface area contributed by atoms with Gasteiger partial charge >= 0.3 is 11.9 Å². The van der Waals surface area contributed by atoms with Gasteiger partial charge in [0.1, 0.15) is 4.70 Å². The fourth-order valence-electron chi connectivity index (χ4n) is 2.56. The number of hydrogen-bond acceptors (Lipinski definition) is 6. The number of nitrogens with zero attached hydrogens (tertiary/aromatic N) is 1. The number of thioether (sulfide) groups is 1. The number of aromatic nitrogens is 1. The lowest BCUT2D eigenvalue weighted by Gasteiger charge is -2.02. The van der Waals surface area contributed by atoms with E-state index >= 15 is 0 Å². The van der Waals surface area contributed by atoms with Gasteiger partial charge in [-0.15, -0.1) is 0 Å². The Kier molecular flexibility index (Phi) is 8.91. The van der Waals surface area contributed by atoms with Gasteiger partial charge in [-0.1, -0.05) is 23.5 Å². The van der Waals surface area contributed by atoms with Crippen LogP contribution in [0.25, 0.3) is 10.2 Å². The predicted molar refractivity (Wildman–Crippen MR) is 104 cm³/mol. The largest absolute Gasteiger partial charge is 0.466 e. The Bertz CT molecular complexity index is 729. The Morgan fingerprint density at radius 3 is 2.38 bits per heavy atom. The van der Waals surface area contributed by atoms with E-state index in [1.165, 1.54) is 14.6 Å². The molecule has 1 heterocycles. The number of hydrogen-bond donors (Lipinski definition) is 0. The van der Waals surface area contributed by atoms with Crippen LogP contribution in [0.1, 0.15) is 39.5 Å². The van der Waals surface area contributed by atoms with Crippen LogP contribution in [0.4, 0.5) is 0 Å². The lowest BCUT2D eigenvalue weighted by Crippen LogP contribution is -2.34. The summed E-state index contributed by atoms with van der Waals surface area (Å²) in [7, 11) is 0. The first-order valence-electron chi connectivity index (χ1n) is 9.01. The Morgan fingerprint density at radius 1 is 1.04 bits per heavy atom. The van der Waals surface area contributed by atoms with Crippen molar-refractivity contribution in [2.45, 2.75) is 50.4 Å². The van der Waals surface area contributed by atoms with Crippen molar-refractivity contribution in [2.75, 3.05) is 19.0 Å². The van der Waals surface area contributed by atoms with Crippen molar-refractivity contribution >= 4 is 45.3 Å². The molecule has 2 rings (SSSR count). The van der Waals surface area contributed by atoms with Gasteiger partial charge in [0, 0.05) is 24.7 Å². The van der Waals surface area contributed by atoms with Gasteiger partial charge in [0.15, 0.2) is 6.54 Å². The van der Waals surface area contributed by atoms with Crippen LogP contribution in [0.5, 0.6) is 0 Å². The zero-order valence-corrected chi connectivity index (χ0v) is 17.0. The van der Waals surface area contributed by atoms with Crippen molar-refractivity contribution in [1.29, 1.82) is 0 Å². The molecule has 0 aliphatic rings. The Balaban J connectivity index is 1.96. The highest BCUT2D eigenvalue weighted by Gasteiger charge is 2.21. The number of ether oxygens (including phenoxy) is 2. The summed E-state index contributed by atoms with van der Waals surface area (Å²) in [5, 5.41) is 0. The molecular formula is C19H26NO4S2+. The summed E-state index contributed by atoms with van der Waals surface area (Å²) in [6.45, 7) is 5.29. The number of carbonyl (C=O) groups excluding carboxylic acids is 2. The van der Waals surface area contributed by atoms with E-state index in [-0.39, 0.29) is 11.9 Å². The van der Waals surface area contributed by atoms with Crippen LogP contribution in [0.15, 0.2) is 28.6 Å². The van der Waals surface area contributed by atoms with E-state index in [4.69, 9.17) is 9.47 Å². The van der Waals surface area contributed by atoms with Crippen molar-refractivity contribution in [2.24, 2.45) is 0 Å². The molecule has 7 heteroatoms. The maximum Gasteiger partial charge on any atom is 0.306 e. The minimum Gasteiger partial charge on any atom is -0.466 e. The van der Waals surface area contributed by atoms with E-state index in [0.717, 1.165) is 25.1 Å². The predicted octanol–water partition coefficient (Wildman–Crippen LogP) is 3.97. The van der Waals surface area contributed by atoms with Crippen molar-refractivity contribution in [3.8, 4) is 0 Å². The quantitative estimate of drug-likeness (QED) is 0.249. The number of benzene rings is 1. The van der Waals surface area contributed by atoms with Gasteiger partial charge in [-0.3, -0.25) is 9.59 Å². The van der Waals surface area contributed by atoms with E-state index in [9.17, 15) is 9.59 Å². The van der Waals surface area contributed by atoms with Crippen LogP contribution >= 0.6 is 23.1 Å². The molecule has 142 valence electrons. The molecule has 2 aromatic rings. The van der Waals surface area contributed by atoms with Gasteiger partial charge in [-0.05, 0) is 38.1 Å². The molecule has 0 atom stereocenters. The molecule has 1 aromatic carbocycles. The molecule has 0 unspecified atom stereocenters. The molecule has 0 saturated heterocycles. The molecule has 0 bridgehead atoms. The number of para-hydroxylation sites is 1. The minimum atomic E-state index is -0.142. The van der Waals surface area contributed by atoms with E-state index in [2.05, 4.69) is 16.7 Å². The molecular weight excluding hydrogens is 370 g/mol. The monoisotopic (exact) mass is 396 g/mol. The number of fused-ring (bicyclic) bond motifs is 1. The average molecular weight is 397 g/mol. The van der Waals surface area contributed by atoms with Gasteiger partial charge in [0.25, 0.3) is 4.34 Å². The SMILES string of the molecule is CCOC(=O)CCCSc1sc2ccccc2[n+]1CCCC(=O)OCC. The molecule has 0 saturated carbocycles. The summed E-state index contributed by atoms with van der Waals surface area (Å²) >= 11 is 3.52. The molecule has 0 aliphatic carbocycles. The molecule has 0 amide bonds. The first-order chi connectivity index (χ1) is 12.7. The highest BCUT2D eigenvalue weighted by atomic mass is 32.2. The maximum atomic E-state index is 11.6. The van der Waals surface area contributed by atoms with E-state index in [1.807, 2.05) is 26.0 Å². The van der Waals surface area contributed by atoms with Gasteiger partial charge < -0.3 is 9.47 Å². The number of aryl methyl sites for hydroxylation is 1. The Hall–Kier alpha value is -1.60. The van der Waals surface area contributed by atoms with E-state index in [0.29, 0.717) is 26.1 Å². The fraction of sp³-hybridized carbons (Fsp3) is 0.526. The second kappa shape index (κ2) is 11.2. The molecule has 0 aliphatic heterocycles. The third kappa shape index (κ3) is 6.29. The number of rotatable bonds is 11. The van der Waals surface area contributed by atoms with Gasteiger partial charge in [0.05, 0.1) is 19.6 Å². The zero-order chi connectivity index (χ0) is 18.8. The minimum absolute atomic E-state index is 0.133. The highest BCUT2D eigenvalue weighted by molar-refractivity contribution is 8.01. The van der Waals surface area contributed by atoms with E-state index in [1.54, 1.807) is 23.1 Å². The Labute approximate surface area is 162 Å². The zero-order valence-electron chi connectivity index (χ0n) is 15.4. The van der Waals surface area contributed by atoms with E-state index < -0.39 is 0 Å². The van der Waals surface area contributed by atoms with Gasteiger partial charge in [-0.25, -0.2) is 0 Å². The summed E-state index contributed by atoms with van der Waals surface area (Å²) in [5.74, 6) is 0.590. The first-order valence-corrected chi connectivity index (χ1v) is 10.8. The molecule has 26 heavy (non-hydrogen) atoms. The average Bonchev–Trinajstić information content (AvgIpc) is 2.97. The summed E-state index contributed by atoms with van der Waals surface area (Å²) in [5.41, 5.74) is 1.19. The normalized spacial score (nSPS) is 10.8. The van der Waals surface area contributed by atoms with Crippen LogP contribution in [0.3, 0.4) is 0 Å². The highest BCUT2D eigenvalue weighted by Crippen LogP contribution is 2.28. The van der Waals surface area contributed by atoms with Crippen molar-refractivity contribution in [1.82, 2.24) is 0 Å². The fourth-order valence-corrected chi connectivity index (χ4v) is 5.04. The van der Waals surface area contributed by atoms with Crippen molar-refractivity contribution in [3.05, 3.63) is 24.3 Å². The molecule has 1 aromatic heterocycles. The number of thiazole rings is 1. The molecule has 0 spiro atoms. The number of carbonyl (C=O) groups is 2. The Morgan fingerprint density at radius 2 is 1.69 bits per heavy atom. The first kappa shape index (κ1) is 20.7. The maximum absolute atomic E-state index is 11.6. The second-order valence-electron chi connectivity index (χ2n) is 5.65. The topological polar surface area (TPSA) is 56.5 Å². The van der Waals surface area contributed by atoms with Crippen molar-refractivity contribution in [3.63, 3.8) is 0 Å². The molecule has 0 radical (unpaired) electrons. The van der Waals surface area contributed by atoms with Crippen molar-refractivity contribution < 1.29 is 23.6 Å². The molecule has 5 nitrogen and oxygen atoms in total. The standard InChI is InChI=1S/C19H26NO4S2/c1-3-23-17(21)11-7-13-20-15-9-5-6-10-16(15)26-19(20)25-14-8-12-18(22)24-4-2/h5-6,9-10H,3-4,7-8,11-14H2,1-2H3/q+1. The van der Waals surface area contributed by atoms with Crippen LogP contribution in [-0.4, -0.2) is 30.9 Å². The van der Waals surface area contributed by atoms with Crippen LogP contribution in [0, 0.1) is 0 Å². The summed E-state index contributed by atoms with van der Waals surface area (Å²) < 4.78 is 14.7. The lowest BCUT2D eigenvalue weighted by atomic mass is 10.3. The van der Waals surface area contributed by atoms with Crippen LogP contribution < -0.4 is 4.57 Å². The smallest absolute Gasteiger partial charge is 0.306 e. The third-order valence-electron chi connectivity index (χ3n) is 3.70. The summed E-state index contributed by atoms with van der Waals surface area (Å²) in [6, 6.07) is 8.30. The summed E-state index contributed by atoms with van der Waals surface area (Å²) in [6.07, 6.45) is 2.42. The molecule has 0 N–H and O–H groups in total. The van der Waals surface area contributed by atoms with Gasteiger partial charge in [0.2, 0.25) is 5.52 Å². The van der Waals surface area contributed by atoms with Crippen LogP contribution in [-0.2, 0) is 25.6 Å². The van der Waals surface area contributed by atoms with Gasteiger partial charge in [-0.2, -0.15) is 4.57 Å². The lowest BCUT2D eigenvalue weighted by molar-refractivity contribution is -0.702.